The van der Waals surface area contributed by atoms with E-state index in [2.05, 4.69) is 16.0 Å². The molecule has 1 spiro atoms. The molecular weight excluding hydrogens is 230 g/mol. The van der Waals surface area contributed by atoms with Gasteiger partial charge in [0, 0.05) is 19.2 Å². The Morgan fingerprint density at radius 2 is 2.22 bits per heavy atom. The lowest BCUT2D eigenvalue weighted by Crippen LogP contribution is -2.49. The summed E-state index contributed by atoms with van der Waals surface area (Å²) in [6.45, 7) is 2.95. The Morgan fingerprint density at radius 1 is 1.39 bits per heavy atom. The Balaban J connectivity index is 1.81. The molecule has 0 unspecified atom stereocenters. The maximum absolute atomic E-state index is 8.92. The first kappa shape index (κ1) is 11.5. The second kappa shape index (κ2) is 4.56. The molecule has 18 heavy (non-hydrogen) atoms. The van der Waals surface area contributed by atoms with E-state index in [0.29, 0.717) is 25.3 Å². The van der Waals surface area contributed by atoms with Gasteiger partial charge in [-0.05, 0) is 18.6 Å². The van der Waals surface area contributed by atoms with Crippen LogP contribution >= 0.6 is 0 Å². The molecule has 3 rings (SSSR count). The zero-order chi connectivity index (χ0) is 12.4. The molecule has 5 heteroatoms. The van der Waals surface area contributed by atoms with Crippen molar-refractivity contribution >= 4 is 5.82 Å². The first-order chi connectivity index (χ1) is 8.81. The monoisotopic (exact) mass is 245 g/mol. The third kappa shape index (κ3) is 2.05. The van der Waals surface area contributed by atoms with Gasteiger partial charge >= 0.3 is 0 Å². The van der Waals surface area contributed by atoms with Crippen molar-refractivity contribution < 1.29 is 9.47 Å². The first-order valence-corrected chi connectivity index (χ1v) is 6.20. The van der Waals surface area contributed by atoms with Gasteiger partial charge in [0.1, 0.15) is 5.82 Å². The number of pyridine rings is 1. The molecule has 0 amide bonds. The molecule has 0 radical (unpaired) electrons. The van der Waals surface area contributed by atoms with E-state index in [4.69, 9.17) is 14.7 Å². The highest BCUT2D eigenvalue weighted by Crippen LogP contribution is 2.31. The van der Waals surface area contributed by atoms with Crippen molar-refractivity contribution in [2.24, 2.45) is 0 Å². The van der Waals surface area contributed by atoms with Crippen LogP contribution in [-0.2, 0) is 9.47 Å². The number of anilines is 1. The van der Waals surface area contributed by atoms with Crippen LogP contribution in [0.15, 0.2) is 18.3 Å². The number of hydrogen-bond donors (Lipinski definition) is 0. The number of hydrogen-bond acceptors (Lipinski definition) is 5. The molecule has 0 atom stereocenters. The van der Waals surface area contributed by atoms with Crippen LogP contribution in [0.1, 0.15) is 18.4 Å². The summed E-state index contributed by atoms with van der Waals surface area (Å²) in [6, 6.07) is 5.67. The Morgan fingerprint density at radius 3 is 3.00 bits per heavy atom. The molecular formula is C13H15N3O2. The predicted octanol–water partition coefficient (Wildman–Crippen LogP) is 1.30. The summed E-state index contributed by atoms with van der Waals surface area (Å²) < 4.78 is 11.5. The molecule has 1 aromatic heterocycles. The lowest BCUT2D eigenvalue weighted by molar-refractivity contribution is -0.161. The van der Waals surface area contributed by atoms with Crippen molar-refractivity contribution in [3.05, 3.63) is 23.9 Å². The van der Waals surface area contributed by atoms with Gasteiger partial charge in [0.05, 0.1) is 31.4 Å². The molecule has 0 bridgehead atoms. The number of aromatic nitrogens is 1. The highest BCUT2D eigenvalue weighted by Gasteiger charge is 2.41. The van der Waals surface area contributed by atoms with Crippen LogP contribution in [0.5, 0.6) is 0 Å². The Hall–Kier alpha value is -1.64. The van der Waals surface area contributed by atoms with Crippen LogP contribution in [0.2, 0.25) is 0 Å². The topological polar surface area (TPSA) is 58.4 Å². The van der Waals surface area contributed by atoms with E-state index in [9.17, 15) is 0 Å². The van der Waals surface area contributed by atoms with Crippen LogP contribution in [-0.4, -0.2) is 37.1 Å². The SMILES string of the molecule is N#Cc1ccnc(N2CCCC3(C2)OCCO3)c1. The fourth-order valence-corrected chi connectivity index (χ4v) is 2.58. The molecule has 0 saturated carbocycles. The molecule has 0 aromatic carbocycles. The first-order valence-electron chi connectivity index (χ1n) is 6.20. The maximum atomic E-state index is 8.92. The normalized spacial score (nSPS) is 22.1. The molecule has 2 aliphatic heterocycles. The zero-order valence-electron chi connectivity index (χ0n) is 10.1. The Labute approximate surface area is 106 Å². The molecule has 2 aliphatic rings. The van der Waals surface area contributed by atoms with E-state index in [1.807, 2.05) is 6.07 Å². The Bertz CT molecular complexity index is 477. The van der Waals surface area contributed by atoms with E-state index in [1.54, 1.807) is 12.3 Å². The molecule has 5 nitrogen and oxygen atoms in total. The van der Waals surface area contributed by atoms with Gasteiger partial charge in [-0.1, -0.05) is 0 Å². The summed E-state index contributed by atoms with van der Waals surface area (Å²) >= 11 is 0. The number of nitrogens with zero attached hydrogens (tertiary/aromatic N) is 3. The highest BCUT2D eigenvalue weighted by molar-refractivity contribution is 5.45. The van der Waals surface area contributed by atoms with Crippen molar-refractivity contribution in [3.8, 4) is 6.07 Å². The second-order valence-corrected chi connectivity index (χ2v) is 4.65. The van der Waals surface area contributed by atoms with Crippen molar-refractivity contribution in [1.29, 1.82) is 5.26 Å². The molecule has 2 fully saturated rings. The van der Waals surface area contributed by atoms with Gasteiger partial charge in [-0.25, -0.2) is 4.98 Å². The van der Waals surface area contributed by atoms with Gasteiger partial charge in [-0.3, -0.25) is 0 Å². The van der Waals surface area contributed by atoms with Crippen LogP contribution in [0, 0.1) is 11.3 Å². The molecule has 94 valence electrons. The summed E-state index contributed by atoms with van der Waals surface area (Å²) in [5.74, 6) is 0.370. The van der Waals surface area contributed by atoms with Crippen LogP contribution in [0.3, 0.4) is 0 Å². The lowest BCUT2D eigenvalue weighted by Gasteiger charge is -2.39. The molecule has 0 N–H and O–H groups in total. The van der Waals surface area contributed by atoms with Crippen LogP contribution < -0.4 is 4.90 Å². The standard InChI is InChI=1S/C13H15N3O2/c14-9-11-2-4-15-12(8-11)16-5-1-3-13(10-16)17-6-7-18-13/h2,4,8H,1,3,5-7,10H2. The number of piperidine rings is 1. The van der Waals surface area contributed by atoms with Crippen LogP contribution in [0.4, 0.5) is 5.82 Å². The minimum absolute atomic E-state index is 0.456. The number of ether oxygens (including phenoxy) is 2. The molecule has 1 aromatic rings. The summed E-state index contributed by atoms with van der Waals surface area (Å²) in [5, 5.41) is 8.92. The van der Waals surface area contributed by atoms with E-state index in [0.717, 1.165) is 25.2 Å². The second-order valence-electron chi connectivity index (χ2n) is 4.65. The summed E-state index contributed by atoms with van der Waals surface area (Å²) in [5.41, 5.74) is 0.632. The zero-order valence-corrected chi connectivity index (χ0v) is 10.1. The third-order valence-corrected chi connectivity index (χ3v) is 3.43. The fourth-order valence-electron chi connectivity index (χ4n) is 2.58. The van der Waals surface area contributed by atoms with Crippen molar-refractivity contribution in [2.45, 2.75) is 18.6 Å². The summed E-state index contributed by atoms with van der Waals surface area (Å²) in [7, 11) is 0. The van der Waals surface area contributed by atoms with Gasteiger partial charge in [-0.15, -0.1) is 0 Å². The minimum Gasteiger partial charge on any atom is -0.351 e. The average molecular weight is 245 g/mol. The lowest BCUT2D eigenvalue weighted by atomic mass is 10.0. The van der Waals surface area contributed by atoms with Crippen molar-refractivity contribution in [3.63, 3.8) is 0 Å². The van der Waals surface area contributed by atoms with Gasteiger partial charge < -0.3 is 14.4 Å². The maximum Gasteiger partial charge on any atom is 0.186 e. The van der Waals surface area contributed by atoms with Crippen LogP contribution in [0.25, 0.3) is 0 Å². The largest absolute Gasteiger partial charge is 0.351 e. The predicted molar refractivity (Wildman–Crippen MR) is 65.0 cm³/mol. The van der Waals surface area contributed by atoms with E-state index in [-0.39, 0.29) is 0 Å². The average Bonchev–Trinajstić information content (AvgIpc) is 2.87. The highest BCUT2D eigenvalue weighted by atomic mass is 16.7. The smallest absolute Gasteiger partial charge is 0.186 e. The molecule has 0 aliphatic carbocycles. The Kier molecular flexibility index (Phi) is 2.90. The van der Waals surface area contributed by atoms with Crippen molar-refractivity contribution in [2.75, 3.05) is 31.2 Å². The third-order valence-electron chi connectivity index (χ3n) is 3.43. The van der Waals surface area contributed by atoms with E-state index in [1.165, 1.54) is 0 Å². The van der Waals surface area contributed by atoms with Crippen molar-refractivity contribution in [1.82, 2.24) is 4.98 Å². The van der Waals surface area contributed by atoms with E-state index >= 15 is 0 Å². The fraction of sp³-hybridized carbons (Fsp3) is 0.538. The minimum atomic E-state index is -0.456. The van der Waals surface area contributed by atoms with Gasteiger partial charge in [0.2, 0.25) is 0 Å². The number of rotatable bonds is 1. The van der Waals surface area contributed by atoms with Gasteiger partial charge in [-0.2, -0.15) is 5.26 Å². The molecule has 2 saturated heterocycles. The van der Waals surface area contributed by atoms with Gasteiger partial charge in [0.25, 0.3) is 0 Å². The summed E-state index contributed by atoms with van der Waals surface area (Å²) in [4.78, 5) is 6.46. The quantitative estimate of drug-likeness (QED) is 0.746. The molecule has 3 heterocycles. The summed E-state index contributed by atoms with van der Waals surface area (Å²) in [6.07, 6.45) is 3.62. The number of nitriles is 1. The van der Waals surface area contributed by atoms with E-state index < -0.39 is 5.79 Å². The van der Waals surface area contributed by atoms with Gasteiger partial charge in [0.15, 0.2) is 5.79 Å².